The van der Waals surface area contributed by atoms with Gasteiger partial charge in [-0.2, -0.15) is 0 Å². The van der Waals surface area contributed by atoms with E-state index >= 15 is 0 Å². The highest BCUT2D eigenvalue weighted by atomic mass is 16.5. The standard InChI is InChI=1S/C13H17NO3/c1-3-4-10-9-11(14)5-6-12(10)17-8-7-13(15)16-2/h3,5-6,9H,1,4,7-8,14H2,2H3. The highest BCUT2D eigenvalue weighted by molar-refractivity contribution is 5.69. The molecule has 0 unspecified atom stereocenters. The summed E-state index contributed by atoms with van der Waals surface area (Å²) in [4.78, 5) is 10.9. The number of methoxy groups -OCH3 is 1. The molecular formula is C13H17NO3. The summed E-state index contributed by atoms with van der Waals surface area (Å²) in [7, 11) is 1.36. The first-order chi connectivity index (χ1) is 8.17. The number of anilines is 1. The van der Waals surface area contributed by atoms with Crippen LogP contribution in [0.2, 0.25) is 0 Å². The van der Waals surface area contributed by atoms with Crippen LogP contribution in [-0.4, -0.2) is 19.7 Å². The largest absolute Gasteiger partial charge is 0.493 e. The van der Waals surface area contributed by atoms with Crippen LogP contribution >= 0.6 is 0 Å². The number of rotatable bonds is 6. The third-order valence-corrected chi connectivity index (χ3v) is 2.24. The van der Waals surface area contributed by atoms with Crippen LogP contribution in [0.15, 0.2) is 30.9 Å². The molecule has 0 atom stereocenters. The maximum absolute atomic E-state index is 10.9. The lowest BCUT2D eigenvalue weighted by Crippen LogP contribution is -2.08. The maximum atomic E-state index is 10.9. The van der Waals surface area contributed by atoms with E-state index in [0.29, 0.717) is 18.7 Å². The molecule has 0 heterocycles. The molecule has 0 aromatic heterocycles. The van der Waals surface area contributed by atoms with Gasteiger partial charge in [-0.25, -0.2) is 0 Å². The average Bonchev–Trinajstić information content (AvgIpc) is 2.32. The van der Waals surface area contributed by atoms with Gasteiger partial charge < -0.3 is 15.2 Å². The number of allylic oxidation sites excluding steroid dienone is 1. The third kappa shape index (κ3) is 4.18. The lowest BCUT2D eigenvalue weighted by molar-refractivity contribution is -0.141. The molecule has 0 spiro atoms. The Labute approximate surface area is 101 Å². The molecule has 0 bridgehead atoms. The van der Waals surface area contributed by atoms with E-state index in [9.17, 15) is 4.79 Å². The van der Waals surface area contributed by atoms with Gasteiger partial charge in [-0.3, -0.25) is 4.79 Å². The average molecular weight is 235 g/mol. The van der Waals surface area contributed by atoms with Crippen molar-refractivity contribution in [2.75, 3.05) is 19.5 Å². The molecule has 4 heteroatoms. The van der Waals surface area contributed by atoms with Crippen molar-refractivity contribution in [1.29, 1.82) is 0 Å². The van der Waals surface area contributed by atoms with E-state index in [1.54, 1.807) is 18.2 Å². The minimum atomic E-state index is -0.286. The fourth-order valence-electron chi connectivity index (χ4n) is 1.40. The van der Waals surface area contributed by atoms with E-state index in [1.165, 1.54) is 7.11 Å². The zero-order valence-corrected chi connectivity index (χ0v) is 9.94. The summed E-state index contributed by atoms with van der Waals surface area (Å²) >= 11 is 0. The Kier molecular flexibility index (Phi) is 5.07. The molecule has 0 saturated carbocycles. The number of esters is 1. The van der Waals surface area contributed by atoms with Gasteiger partial charge in [-0.15, -0.1) is 6.58 Å². The van der Waals surface area contributed by atoms with Gasteiger partial charge in [0.2, 0.25) is 0 Å². The van der Waals surface area contributed by atoms with Crippen LogP contribution in [-0.2, 0) is 16.0 Å². The fraction of sp³-hybridized carbons (Fsp3) is 0.308. The first-order valence-electron chi connectivity index (χ1n) is 5.36. The van der Waals surface area contributed by atoms with Gasteiger partial charge in [0.25, 0.3) is 0 Å². The molecule has 1 rings (SSSR count). The number of hydrogen-bond donors (Lipinski definition) is 1. The van der Waals surface area contributed by atoms with Crippen LogP contribution in [0.5, 0.6) is 5.75 Å². The molecular weight excluding hydrogens is 218 g/mol. The van der Waals surface area contributed by atoms with Crippen LogP contribution in [0.4, 0.5) is 5.69 Å². The van der Waals surface area contributed by atoms with Crippen molar-refractivity contribution >= 4 is 11.7 Å². The first kappa shape index (κ1) is 13.1. The summed E-state index contributed by atoms with van der Waals surface area (Å²) in [5.41, 5.74) is 7.34. The van der Waals surface area contributed by atoms with Gasteiger partial charge in [0, 0.05) is 5.69 Å². The Morgan fingerprint density at radius 3 is 2.94 bits per heavy atom. The summed E-state index contributed by atoms with van der Waals surface area (Å²) < 4.78 is 10.0. The summed E-state index contributed by atoms with van der Waals surface area (Å²) in [5, 5.41) is 0. The Balaban J connectivity index is 2.63. The minimum Gasteiger partial charge on any atom is -0.493 e. The zero-order valence-electron chi connectivity index (χ0n) is 9.94. The second kappa shape index (κ2) is 6.58. The Morgan fingerprint density at radius 2 is 2.29 bits per heavy atom. The first-order valence-corrected chi connectivity index (χ1v) is 5.36. The SMILES string of the molecule is C=CCc1cc(N)ccc1OCCC(=O)OC. The molecule has 0 saturated heterocycles. The van der Waals surface area contributed by atoms with Crippen LogP contribution < -0.4 is 10.5 Å². The second-order valence-electron chi connectivity index (χ2n) is 3.53. The predicted molar refractivity (Wildman–Crippen MR) is 66.9 cm³/mol. The highest BCUT2D eigenvalue weighted by Gasteiger charge is 2.05. The molecule has 17 heavy (non-hydrogen) atoms. The van der Waals surface area contributed by atoms with Gasteiger partial charge in [-0.1, -0.05) is 6.08 Å². The number of carbonyl (C=O) groups is 1. The van der Waals surface area contributed by atoms with E-state index in [-0.39, 0.29) is 12.4 Å². The number of nitrogen functional groups attached to an aromatic ring is 1. The summed E-state index contributed by atoms with van der Waals surface area (Å²) in [6.07, 6.45) is 2.69. The van der Waals surface area contributed by atoms with Gasteiger partial charge in [0.05, 0.1) is 20.1 Å². The smallest absolute Gasteiger partial charge is 0.308 e. The Bertz CT molecular complexity index is 402. The number of nitrogens with two attached hydrogens (primary N) is 1. The quantitative estimate of drug-likeness (QED) is 0.465. The van der Waals surface area contributed by atoms with Gasteiger partial charge in [0.15, 0.2) is 0 Å². The summed E-state index contributed by atoms with van der Waals surface area (Å²) in [5.74, 6) is 0.439. The van der Waals surface area contributed by atoms with Crippen molar-refractivity contribution in [1.82, 2.24) is 0 Å². The molecule has 0 amide bonds. The van der Waals surface area contributed by atoms with Crippen LogP contribution in [0.3, 0.4) is 0 Å². The van der Waals surface area contributed by atoms with Crippen molar-refractivity contribution < 1.29 is 14.3 Å². The molecule has 4 nitrogen and oxygen atoms in total. The fourth-order valence-corrected chi connectivity index (χ4v) is 1.40. The van der Waals surface area contributed by atoms with E-state index in [4.69, 9.17) is 10.5 Å². The number of carbonyl (C=O) groups excluding carboxylic acids is 1. The van der Waals surface area contributed by atoms with Crippen LogP contribution in [0, 0.1) is 0 Å². The number of ether oxygens (including phenoxy) is 2. The molecule has 2 N–H and O–H groups in total. The number of benzene rings is 1. The third-order valence-electron chi connectivity index (χ3n) is 2.24. The molecule has 1 aromatic carbocycles. The van der Waals surface area contributed by atoms with E-state index in [1.807, 2.05) is 6.07 Å². The van der Waals surface area contributed by atoms with Crippen molar-refractivity contribution in [3.8, 4) is 5.75 Å². The van der Waals surface area contributed by atoms with E-state index in [2.05, 4.69) is 11.3 Å². The molecule has 0 aliphatic rings. The van der Waals surface area contributed by atoms with Crippen molar-refractivity contribution in [2.24, 2.45) is 0 Å². The van der Waals surface area contributed by atoms with Gasteiger partial charge in [0.1, 0.15) is 5.75 Å². The molecule has 0 radical (unpaired) electrons. The molecule has 92 valence electrons. The predicted octanol–water partition coefficient (Wildman–Crippen LogP) is 1.94. The second-order valence-corrected chi connectivity index (χ2v) is 3.53. The lowest BCUT2D eigenvalue weighted by atomic mass is 10.1. The van der Waals surface area contributed by atoms with Gasteiger partial charge in [-0.05, 0) is 30.2 Å². The molecule has 0 aliphatic heterocycles. The van der Waals surface area contributed by atoms with E-state index in [0.717, 1.165) is 11.3 Å². The molecule has 0 fully saturated rings. The zero-order chi connectivity index (χ0) is 12.7. The summed E-state index contributed by atoms with van der Waals surface area (Å²) in [6, 6.07) is 5.40. The monoisotopic (exact) mass is 235 g/mol. The topological polar surface area (TPSA) is 61.5 Å². The summed E-state index contributed by atoms with van der Waals surface area (Å²) in [6.45, 7) is 3.97. The van der Waals surface area contributed by atoms with Crippen molar-refractivity contribution in [2.45, 2.75) is 12.8 Å². The number of hydrogen-bond acceptors (Lipinski definition) is 4. The van der Waals surface area contributed by atoms with Crippen molar-refractivity contribution in [3.63, 3.8) is 0 Å². The van der Waals surface area contributed by atoms with Crippen LogP contribution in [0.1, 0.15) is 12.0 Å². The minimum absolute atomic E-state index is 0.231. The van der Waals surface area contributed by atoms with Gasteiger partial charge >= 0.3 is 5.97 Å². The highest BCUT2D eigenvalue weighted by Crippen LogP contribution is 2.22. The van der Waals surface area contributed by atoms with Crippen molar-refractivity contribution in [3.05, 3.63) is 36.4 Å². The van der Waals surface area contributed by atoms with Crippen LogP contribution in [0.25, 0.3) is 0 Å². The van der Waals surface area contributed by atoms with E-state index < -0.39 is 0 Å². The normalized spacial score (nSPS) is 9.71. The Morgan fingerprint density at radius 1 is 1.53 bits per heavy atom. The maximum Gasteiger partial charge on any atom is 0.308 e. The lowest BCUT2D eigenvalue weighted by Gasteiger charge is -2.10. The molecule has 0 aliphatic carbocycles. The Hall–Kier alpha value is -1.97. The molecule has 1 aromatic rings.